The fourth-order valence-electron chi connectivity index (χ4n) is 5.72. The number of likely N-dealkylation sites (tertiary alicyclic amines) is 1. The van der Waals surface area contributed by atoms with Crippen LogP contribution >= 0.6 is 0 Å². The molecule has 1 aliphatic rings. The highest BCUT2D eigenvalue weighted by atomic mass is 16.5. The smallest absolute Gasteiger partial charge is 0.335 e. The summed E-state index contributed by atoms with van der Waals surface area (Å²) in [6.07, 6.45) is 0.581. The van der Waals surface area contributed by atoms with Gasteiger partial charge in [0, 0.05) is 11.2 Å². The standard InChI is InChI=1S/C33H38N4O6/c1-33(2,3)35-29(38)20-36-26(21-11-6-5-7-12-21)18-23(25-15-8-9-16-28(25)43-4)19-27(30(36)39)37(32(34)42)24-14-10-13-22(17-24)31(40)41/h5-17,23,26-27H,18-20H2,1-4H3,(H2,34,42)(H,35,38)(H,40,41). The Labute approximate surface area is 251 Å². The molecule has 0 aliphatic carbocycles. The molecule has 0 saturated carbocycles. The van der Waals surface area contributed by atoms with Crippen LogP contribution in [0.2, 0.25) is 0 Å². The lowest BCUT2D eigenvalue weighted by Gasteiger charge is -2.35. The highest BCUT2D eigenvalue weighted by Gasteiger charge is 2.43. The van der Waals surface area contributed by atoms with E-state index < -0.39 is 35.5 Å². The van der Waals surface area contributed by atoms with E-state index in [1.807, 2.05) is 75.4 Å². The van der Waals surface area contributed by atoms with Gasteiger partial charge in [0.2, 0.25) is 11.8 Å². The predicted octanol–water partition coefficient (Wildman–Crippen LogP) is 4.71. The normalized spacial score (nSPS) is 18.8. The Morgan fingerprint density at radius 2 is 1.67 bits per heavy atom. The van der Waals surface area contributed by atoms with Gasteiger partial charge in [-0.25, -0.2) is 9.59 Å². The van der Waals surface area contributed by atoms with E-state index in [1.165, 1.54) is 23.1 Å². The van der Waals surface area contributed by atoms with Gasteiger partial charge in [-0.3, -0.25) is 14.5 Å². The highest BCUT2D eigenvalue weighted by molar-refractivity contribution is 6.01. The molecule has 3 aromatic carbocycles. The van der Waals surface area contributed by atoms with E-state index in [-0.39, 0.29) is 36.0 Å². The van der Waals surface area contributed by atoms with E-state index in [9.17, 15) is 24.3 Å². The Bertz CT molecular complexity index is 1490. The van der Waals surface area contributed by atoms with Crippen LogP contribution in [0.25, 0.3) is 0 Å². The molecular weight excluding hydrogens is 548 g/mol. The zero-order valence-electron chi connectivity index (χ0n) is 24.8. The number of carbonyl (C=O) groups is 4. The molecule has 3 aromatic rings. The number of carboxylic acid groups (broad SMARTS) is 1. The van der Waals surface area contributed by atoms with Crippen molar-refractivity contribution in [3.8, 4) is 5.75 Å². The number of amides is 4. The fraction of sp³-hybridized carbons (Fsp3) is 0.333. The molecule has 0 radical (unpaired) electrons. The minimum atomic E-state index is -1.19. The molecule has 226 valence electrons. The van der Waals surface area contributed by atoms with Gasteiger partial charge in [0.25, 0.3) is 0 Å². The Hall–Kier alpha value is -4.86. The van der Waals surface area contributed by atoms with E-state index in [2.05, 4.69) is 5.32 Å². The van der Waals surface area contributed by atoms with Crippen molar-refractivity contribution in [1.29, 1.82) is 0 Å². The third kappa shape index (κ3) is 7.32. The fourth-order valence-corrected chi connectivity index (χ4v) is 5.72. The highest BCUT2D eigenvalue weighted by Crippen LogP contribution is 2.43. The first kappa shape index (κ1) is 31.1. The van der Waals surface area contributed by atoms with Gasteiger partial charge in [-0.05, 0) is 74.9 Å². The number of nitrogens with zero attached hydrogens (tertiary/aromatic N) is 2. The first-order valence-corrected chi connectivity index (χ1v) is 14.1. The third-order valence-corrected chi connectivity index (χ3v) is 7.47. The lowest BCUT2D eigenvalue weighted by atomic mass is 9.85. The average Bonchev–Trinajstić information content (AvgIpc) is 3.09. The summed E-state index contributed by atoms with van der Waals surface area (Å²) in [6, 6.07) is 20.1. The minimum absolute atomic E-state index is 0.0605. The number of benzene rings is 3. The molecular formula is C33H38N4O6. The predicted molar refractivity (Wildman–Crippen MR) is 163 cm³/mol. The second-order valence-electron chi connectivity index (χ2n) is 11.7. The lowest BCUT2D eigenvalue weighted by molar-refractivity contribution is -0.139. The van der Waals surface area contributed by atoms with Crippen LogP contribution in [0.4, 0.5) is 10.5 Å². The molecule has 1 aliphatic heterocycles. The number of rotatable bonds is 8. The van der Waals surface area contributed by atoms with Crippen molar-refractivity contribution in [2.45, 2.75) is 57.2 Å². The minimum Gasteiger partial charge on any atom is -0.496 e. The molecule has 0 bridgehead atoms. The topological polar surface area (TPSA) is 142 Å². The molecule has 1 fully saturated rings. The zero-order valence-corrected chi connectivity index (χ0v) is 24.8. The molecule has 3 unspecified atom stereocenters. The van der Waals surface area contributed by atoms with Gasteiger partial charge >= 0.3 is 12.0 Å². The molecule has 1 saturated heterocycles. The van der Waals surface area contributed by atoms with Crippen molar-refractivity contribution >= 4 is 29.5 Å². The van der Waals surface area contributed by atoms with Gasteiger partial charge < -0.3 is 25.8 Å². The summed E-state index contributed by atoms with van der Waals surface area (Å²) in [5.41, 5.74) is 7.16. The van der Waals surface area contributed by atoms with Crippen molar-refractivity contribution in [1.82, 2.24) is 10.2 Å². The number of nitrogens with one attached hydrogen (secondary N) is 1. The van der Waals surface area contributed by atoms with Gasteiger partial charge in [0.1, 0.15) is 18.3 Å². The number of anilines is 1. The molecule has 0 spiro atoms. The Morgan fingerprint density at radius 3 is 2.30 bits per heavy atom. The number of ether oxygens (including phenoxy) is 1. The van der Waals surface area contributed by atoms with Gasteiger partial charge in [-0.15, -0.1) is 0 Å². The average molecular weight is 587 g/mol. The van der Waals surface area contributed by atoms with Gasteiger partial charge in [-0.1, -0.05) is 54.6 Å². The maximum absolute atomic E-state index is 14.6. The number of carbonyl (C=O) groups excluding carboxylic acids is 3. The van der Waals surface area contributed by atoms with Gasteiger partial charge in [0.05, 0.1) is 18.7 Å². The van der Waals surface area contributed by atoms with Crippen LogP contribution < -0.4 is 20.7 Å². The van der Waals surface area contributed by atoms with Crippen LogP contribution in [0.1, 0.15) is 67.1 Å². The summed E-state index contributed by atoms with van der Waals surface area (Å²) in [7, 11) is 1.57. The summed E-state index contributed by atoms with van der Waals surface area (Å²) in [6.45, 7) is 5.31. The molecule has 10 heteroatoms. The number of aromatic carboxylic acids is 1. The summed E-state index contributed by atoms with van der Waals surface area (Å²) < 4.78 is 5.69. The van der Waals surface area contributed by atoms with Gasteiger partial charge in [0.15, 0.2) is 0 Å². The van der Waals surface area contributed by atoms with Gasteiger partial charge in [-0.2, -0.15) is 0 Å². The molecule has 4 amide bonds. The van der Waals surface area contributed by atoms with Crippen LogP contribution in [-0.4, -0.2) is 59.1 Å². The van der Waals surface area contributed by atoms with Crippen LogP contribution in [0.15, 0.2) is 78.9 Å². The number of urea groups is 1. The first-order chi connectivity index (χ1) is 20.4. The van der Waals surface area contributed by atoms with Crippen LogP contribution in [0, 0.1) is 0 Å². The summed E-state index contributed by atoms with van der Waals surface area (Å²) >= 11 is 0. The maximum Gasteiger partial charge on any atom is 0.335 e. The number of hydrogen-bond donors (Lipinski definition) is 3. The van der Waals surface area contributed by atoms with E-state index in [1.54, 1.807) is 13.2 Å². The van der Waals surface area contributed by atoms with E-state index in [4.69, 9.17) is 10.5 Å². The Balaban J connectivity index is 1.91. The first-order valence-electron chi connectivity index (χ1n) is 14.1. The number of nitrogens with two attached hydrogens (primary N) is 1. The largest absolute Gasteiger partial charge is 0.496 e. The SMILES string of the molecule is COc1ccccc1C1CC(c2ccccc2)N(CC(=O)NC(C)(C)C)C(=O)C(N(C(N)=O)c2cccc(C(=O)O)c2)C1. The van der Waals surface area contributed by atoms with Crippen LogP contribution in [0.3, 0.4) is 0 Å². The molecule has 0 aromatic heterocycles. The Kier molecular flexibility index (Phi) is 9.38. The molecule has 1 heterocycles. The van der Waals surface area contributed by atoms with E-state index >= 15 is 0 Å². The van der Waals surface area contributed by atoms with Crippen LogP contribution in [0.5, 0.6) is 5.75 Å². The second-order valence-corrected chi connectivity index (χ2v) is 11.7. The van der Waals surface area contributed by atoms with Crippen molar-refractivity contribution in [3.05, 3.63) is 95.6 Å². The second kappa shape index (κ2) is 13.0. The quantitative estimate of drug-likeness (QED) is 0.349. The lowest BCUT2D eigenvalue weighted by Crippen LogP contribution is -2.55. The molecule has 43 heavy (non-hydrogen) atoms. The van der Waals surface area contributed by atoms with E-state index in [0.717, 1.165) is 16.0 Å². The number of hydrogen-bond acceptors (Lipinski definition) is 5. The number of para-hydroxylation sites is 1. The maximum atomic E-state index is 14.6. The van der Waals surface area contributed by atoms with Crippen LogP contribution in [-0.2, 0) is 9.59 Å². The van der Waals surface area contributed by atoms with Crippen molar-refractivity contribution in [2.75, 3.05) is 18.6 Å². The number of methoxy groups -OCH3 is 1. The molecule has 10 nitrogen and oxygen atoms in total. The number of carboxylic acids is 1. The Morgan fingerprint density at radius 1 is 1.00 bits per heavy atom. The monoisotopic (exact) mass is 586 g/mol. The summed E-state index contributed by atoms with van der Waals surface area (Å²) in [5.74, 6) is -1.70. The summed E-state index contributed by atoms with van der Waals surface area (Å²) in [4.78, 5) is 55.5. The van der Waals surface area contributed by atoms with Crippen molar-refractivity contribution < 1.29 is 29.0 Å². The summed E-state index contributed by atoms with van der Waals surface area (Å²) in [5, 5.41) is 12.5. The third-order valence-electron chi connectivity index (χ3n) is 7.47. The van der Waals surface area contributed by atoms with E-state index in [0.29, 0.717) is 12.2 Å². The number of primary amides is 1. The molecule has 4 N–H and O–H groups in total. The molecule has 3 atom stereocenters. The molecule has 4 rings (SSSR count). The zero-order chi connectivity index (χ0) is 31.3. The van der Waals surface area contributed by atoms with Crippen molar-refractivity contribution in [3.63, 3.8) is 0 Å². The van der Waals surface area contributed by atoms with Crippen molar-refractivity contribution in [2.24, 2.45) is 5.73 Å².